The summed E-state index contributed by atoms with van der Waals surface area (Å²) in [6.07, 6.45) is 5.56. The first-order valence-corrected chi connectivity index (χ1v) is 20.8. The molecular formula is C54H33BN6OPt-2. The fourth-order valence-electron chi connectivity index (χ4n) is 9.60. The molecule has 8 aromatic carbocycles. The Labute approximate surface area is 378 Å². The molecule has 0 unspecified atom stereocenters. The molecular weight excluding hydrogens is 955 g/mol. The fraction of sp³-hybridized carbons (Fsp3) is 0. The molecule has 0 amide bonds. The number of fused-ring (bicyclic) bond motifs is 12. The van der Waals surface area contributed by atoms with Gasteiger partial charge in [-0.15, -0.1) is 30.3 Å². The van der Waals surface area contributed by atoms with E-state index in [0.717, 1.165) is 62.0 Å². The van der Waals surface area contributed by atoms with Gasteiger partial charge in [0.15, 0.2) is 0 Å². The number of hydrogen-bond acceptors (Lipinski definition) is 4. The molecule has 0 saturated carbocycles. The molecule has 3 aromatic heterocycles. The number of aromatic nitrogens is 4. The predicted octanol–water partition coefficient (Wildman–Crippen LogP) is 11.3. The maximum atomic E-state index is 6.68. The van der Waals surface area contributed by atoms with Crippen LogP contribution < -0.4 is 24.4 Å². The van der Waals surface area contributed by atoms with Crippen molar-refractivity contribution in [2.24, 2.45) is 0 Å². The monoisotopic (exact) mass is 987 g/mol. The van der Waals surface area contributed by atoms with Gasteiger partial charge in [-0.1, -0.05) is 133 Å². The molecule has 0 radical (unpaired) electrons. The van der Waals surface area contributed by atoms with Crippen LogP contribution in [-0.2, 0) is 21.1 Å². The van der Waals surface area contributed by atoms with Gasteiger partial charge in [-0.2, -0.15) is 12.1 Å². The van der Waals surface area contributed by atoms with Gasteiger partial charge < -0.3 is 23.5 Å². The van der Waals surface area contributed by atoms with Gasteiger partial charge >= 0.3 is 6.98 Å². The second-order valence-electron chi connectivity index (χ2n) is 15.6. The maximum Gasteiger partial charge on any atom is 0.409 e. The van der Waals surface area contributed by atoms with E-state index in [1.54, 1.807) is 0 Å². The Hall–Kier alpha value is -7.67. The number of imidazole rings is 1. The van der Waals surface area contributed by atoms with Gasteiger partial charge in [0.2, 0.25) is 0 Å². The van der Waals surface area contributed by atoms with Crippen LogP contribution in [0, 0.1) is 18.5 Å². The van der Waals surface area contributed by atoms with Crippen LogP contribution in [0.1, 0.15) is 0 Å². The second kappa shape index (κ2) is 14.8. The molecule has 2 aliphatic rings. The Bertz CT molecular complexity index is 3510. The van der Waals surface area contributed by atoms with Gasteiger partial charge in [0.05, 0.1) is 33.4 Å². The van der Waals surface area contributed by atoms with Gasteiger partial charge in [-0.3, -0.25) is 4.57 Å². The van der Waals surface area contributed by atoms with E-state index >= 15 is 0 Å². The molecule has 9 heteroatoms. The summed E-state index contributed by atoms with van der Waals surface area (Å²) >= 11 is 0. The van der Waals surface area contributed by atoms with E-state index in [1.807, 2.05) is 42.6 Å². The summed E-state index contributed by atoms with van der Waals surface area (Å²) < 4.78 is 13.3. The van der Waals surface area contributed by atoms with Crippen molar-refractivity contribution in [1.82, 2.24) is 14.1 Å². The topological polar surface area (TPSA) is 42.3 Å². The van der Waals surface area contributed by atoms with Crippen LogP contribution in [0.4, 0.5) is 22.9 Å². The number of benzene rings is 8. The van der Waals surface area contributed by atoms with Crippen LogP contribution >= 0.6 is 0 Å². The molecule has 0 saturated heterocycles. The third-order valence-corrected chi connectivity index (χ3v) is 12.2. The SMILES string of the molecule is [Pt].[c-]1c(Oc2[c-]c3c(cc2)N2B(c4ccccc4-c4ccccc42)N3c2ccccn2)cccc1-n1[c-][n+](-c2ccccc2-n2c3ccccc3c3ccccc32)c2ccccc21. The van der Waals surface area contributed by atoms with Gasteiger partial charge in [0, 0.05) is 60.8 Å². The average Bonchev–Trinajstić information content (AvgIpc) is 4.00. The van der Waals surface area contributed by atoms with E-state index in [9.17, 15) is 0 Å². The summed E-state index contributed by atoms with van der Waals surface area (Å²) in [5.74, 6) is 1.98. The van der Waals surface area contributed by atoms with Crippen molar-refractivity contribution in [3.05, 3.63) is 219 Å². The van der Waals surface area contributed by atoms with Crippen LogP contribution in [0.3, 0.4) is 0 Å². The average molecular weight is 988 g/mol. The first-order valence-electron chi connectivity index (χ1n) is 20.8. The largest absolute Gasteiger partial charge is 0.510 e. The van der Waals surface area contributed by atoms with Crippen molar-refractivity contribution >= 4 is 68.2 Å². The minimum absolute atomic E-state index is 0. The summed E-state index contributed by atoms with van der Waals surface area (Å²) in [7, 11) is 0. The molecule has 0 fully saturated rings. The number of hydrogen-bond donors (Lipinski definition) is 0. The zero-order chi connectivity index (χ0) is 40.7. The van der Waals surface area contributed by atoms with Gasteiger partial charge in [0.1, 0.15) is 5.82 Å². The molecule has 63 heavy (non-hydrogen) atoms. The Kier molecular flexibility index (Phi) is 8.70. The van der Waals surface area contributed by atoms with Crippen LogP contribution in [0.5, 0.6) is 11.5 Å². The first-order chi connectivity index (χ1) is 30.8. The minimum atomic E-state index is -0.156. The summed E-state index contributed by atoms with van der Waals surface area (Å²) in [6, 6.07) is 74.9. The van der Waals surface area contributed by atoms with E-state index in [1.165, 1.54) is 27.4 Å². The number of rotatable bonds is 6. The second-order valence-corrected chi connectivity index (χ2v) is 15.6. The maximum absolute atomic E-state index is 6.68. The third-order valence-electron chi connectivity index (χ3n) is 12.2. The molecule has 0 N–H and O–H groups in total. The molecule has 7 nitrogen and oxygen atoms in total. The minimum Gasteiger partial charge on any atom is -0.510 e. The fourth-order valence-corrected chi connectivity index (χ4v) is 9.60. The van der Waals surface area contributed by atoms with Crippen LogP contribution in [0.2, 0.25) is 0 Å². The smallest absolute Gasteiger partial charge is 0.409 e. The van der Waals surface area contributed by atoms with E-state index in [-0.39, 0.29) is 28.0 Å². The Morgan fingerprint density at radius 3 is 1.98 bits per heavy atom. The van der Waals surface area contributed by atoms with Gasteiger partial charge in [-0.05, 0) is 59.2 Å². The first kappa shape index (κ1) is 37.1. The number of para-hydroxylation sites is 7. The van der Waals surface area contributed by atoms with Crippen molar-refractivity contribution in [2.45, 2.75) is 0 Å². The normalized spacial score (nSPS) is 12.5. The number of nitrogens with zero attached hydrogens (tertiary/aromatic N) is 6. The van der Waals surface area contributed by atoms with E-state index in [2.05, 4.69) is 200 Å². The Balaban J connectivity index is 0.00000421. The summed E-state index contributed by atoms with van der Waals surface area (Å²) in [4.78, 5) is 9.53. The summed E-state index contributed by atoms with van der Waals surface area (Å²) in [5, 5.41) is 2.44. The van der Waals surface area contributed by atoms with Crippen LogP contribution in [0.15, 0.2) is 200 Å². The number of anilines is 4. The standard InChI is InChI=1S/C54H33BN6O.Pt/c1-5-22-44-40(18-1)41-19-4-8-25-47(41)60-52-32-31-39(35-53(52)61(55(44)60)54-30-13-14-33-56-54)62-38-17-15-16-37(34-38)57-36-58(49-27-10-9-26-48(49)57)50-28-11-12-29-51(50)59-45-23-6-2-20-42(45)43-21-3-7-24-46(43)59;/h1-33H;/q-2;. The molecule has 300 valence electrons. The van der Waals surface area contributed by atoms with Crippen LogP contribution in [0.25, 0.3) is 61.0 Å². The summed E-state index contributed by atoms with van der Waals surface area (Å²) in [6.45, 7) is -0.156. The van der Waals surface area contributed by atoms with Crippen molar-refractivity contribution in [3.63, 3.8) is 0 Å². The third kappa shape index (κ3) is 5.72. The molecule has 11 aromatic rings. The predicted molar refractivity (Wildman–Crippen MR) is 248 cm³/mol. The van der Waals surface area contributed by atoms with E-state index in [4.69, 9.17) is 9.72 Å². The van der Waals surface area contributed by atoms with Crippen molar-refractivity contribution in [1.29, 1.82) is 0 Å². The molecule has 0 aliphatic carbocycles. The van der Waals surface area contributed by atoms with E-state index in [0.29, 0.717) is 11.5 Å². The molecule has 0 bridgehead atoms. The zero-order valence-corrected chi connectivity index (χ0v) is 35.8. The Morgan fingerprint density at radius 2 is 1.17 bits per heavy atom. The molecule has 0 spiro atoms. The van der Waals surface area contributed by atoms with Crippen molar-refractivity contribution < 1.29 is 30.4 Å². The molecule has 0 atom stereocenters. The van der Waals surface area contributed by atoms with Crippen LogP contribution in [-0.4, -0.2) is 21.1 Å². The quantitative estimate of drug-likeness (QED) is 0.0946. The van der Waals surface area contributed by atoms with Gasteiger partial charge in [0.25, 0.3) is 6.33 Å². The number of ether oxygens (including phenoxy) is 1. The van der Waals surface area contributed by atoms with Crippen molar-refractivity contribution in [2.75, 3.05) is 9.62 Å². The van der Waals surface area contributed by atoms with Gasteiger partial charge in [-0.25, -0.2) is 4.98 Å². The summed E-state index contributed by atoms with van der Waals surface area (Å²) in [5.41, 5.74) is 13.9. The molecule has 2 aliphatic heterocycles. The molecule has 13 rings (SSSR count). The number of pyridine rings is 1. The van der Waals surface area contributed by atoms with Crippen molar-refractivity contribution in [3.8, 4) is 39.7 Å². The molecule has 5 heterocycles. The zero-order valence-electron chi connectivity index (χ0n) is 33.5. The van der Waals surface area contributed by atoms with E-state index < -0.39 is 0 Å². The Morgan fingerprint density at radius 1 is 0.508 bits per heavy atom.